The Morgan fingerprint density at radius 3 is 2.23 bits per heavy atom. The van der Waals surface area contributed by atoms with Crippen molar-refractivity contribution in [2.24, 2.45) is 5.14 Å². The first-order valence-corrected chi connectivity index (χ1v) is 9.17. The van der Waals surface area contributed by atoms with Gasteiger partial charge in [-0.2, -0.15) is 13.2 Å². The summed E-state index contributed by atoms with van der Waals surface area (Å²) in [6.45, 7) is 1.77. The van der Waals surface area contributed by atoms with Crippen molar-refractivity contribution < 1.29 is 26.4 Å². The predicted molar refractivity (Wildman–Crippen MR) is 91.0 cm³/mol. The van der Waals surface area contributed by atoms with E-state index < -0.39 is 27.7 Å². The maximum atomic E-state index is 12.5. The van der Waals surface area contributed by atoms with Crippen LogP contribution in [0.15, 0.2) is 47.4 Å². The molecule has 0 saturated heterocycles. The summed E-state index contributed by atoms with van der Waals surface area (Å²) < 4.78 is 60.8. The number of nitrogens with one attached hydrogen (secondary N) is 1. The van der Waals surface area contributed by atoms with Crippen LogP contribution in [0.2, 0.25) is 0 Å². The average molecular weight is 386 g/mol. The largest absolute Gasteiger partial charge is 0.416 e. The van der Waals surface area contributed by atoms with Crippen LogP contribution in [0, 0.1) is 0 Å². The van der Waals surface area contributed by atoms with Crippen LogP contribution < -0.4 is 10.5 Å². The smallest absolute Gasteiger partial charge is 0.326 e. The molecule has 0 unspecified atom stereocenters. The quantitative estimate of drug-likeness (QED) is 0.828. The molecule has 0 aliphatic rings. The molecule has 5 nitrogen and oxygen atoms in total. The fourth-order valence-corrected chi connectivity index (χ4v) is 3.26. The number of primary sulfonamides is 1. The topological polar surface area (TPSA) is 89.3 Å². The van der Waals surface area contributed by atoms with Gasteiger partial charge >= 0.3 is 6.18 Å². The number of halogens is 3. The lowest BCUT2D eigenvalue weighted by Crippen LogP contribution is -2.17. The van der Waals surface area contributed by atoms with E-state index in [0.717, 1.165) is 12.1 Å². The van der Waals surface area contributed by atoms with Crippen molar-refractivity contribution in [1.29, 1.82) is 0 Å². The molecule has 0 atom stereocenters. The van der Waals surface area contributed by atoms with Crippen LogP contribution in [-0.4, -0.2) is 14.3 Å². The van der Waals surface area contributed by atoms with E-state index in [0.29, 0.717) is 17.5 Å². The van der Waals surface area contributed by atoms with Crippen molar-refractivity contribution in [3.63, 3.8) is 0 Å². The molecule has 0 aliphatic heterocycles. The molecule has 0 aromatic heterocycles. The molecule has 0 radical (unpaired) electrons. The number of carbonyl (C=O) groups is 1. The monoisotopic (exact) mass is 386 g/mol. The van der Waals surface area contributed by atoms with E-state index in [1.165, 1.54) is 24.3 Å². The number of aryl methyl sites for hydroxylation is 1. The van der Waals surface area contributed by atoms with Crippen molar-refractivity contribution in [2.45, 2.75) is 30.8 Å². The van der Waals surface area contributed by atoms with Gasteiger partial charge in [-0.3, -0.25) is 4.79 Å². The van der Waals surface area contributed by atoms with Crippen LogP contribution in [0.25, 0.3) is 0 Å². The Labute approximate surface area is 149 Å². The molecule has 140 valence electrons. The molecule has 2 aromatic rings. The van der Waals surface area contributed by atoms with Crippen LogP contribution in [0.3, 0.4) is 0 Å². The van der Waals surface area contributed by atoms with Gasteiger partial charge in [0, 0.05) is 5.69 Å². The lowest BCUT2D eigenvalue weighted by Gasteiger charge is -2.11. The number of anilines is 1. The van der Waals surface area contributed by atoms with E-state index in [2.05, 4.69) is 5.32 Å². The SMILES string of the molecule is CCc1ccc(NC(=O)Cc2ccc(C(F)(F)F)cc2)cc1S(N)(=O)=O. The highest BCUT2D eigenvalue weighted by atomic mass is 32.2. The van der Waals surface area contributed by atoms with E-state index in [1.54, 1.807) is 13.0 Å². The molecule has 0 aliphatic carbocycles. The molecule has 3 N–H and O–H groups in total. The normalized spacial score (nSPS) is 12.0. The zero-order chi connectivity index (χ0) is 19.5. The summed E-state index contributed by atoms with van der Waals surface area (Å²) in [7, 11) is -3.94. The number of benzene rings is 2. The van der Waals surface area contributed by atoms with Crippen molar-refractivity contribution in [3.05, 3.63) is 59.2 Å². The Balaban J connectivity index is 2.13. The van der Waals surface area contributed by atoms with Crippen LogP contribution >= 0.6 is 0 Å². The minimum absolute atomic E-state index is 0.0765. The minimum atomic E-state index is -4.44. The van der Waals surface area contributed by atoms with Gasteiger partial charge in [0.15, 0.2) is 0 Å². The molecule has 26 heavy (non-hydrogen) atoms. The van der Waals surface area contributed by atoms with Crippen LogP contribution in [-0.2, 0) is 33.8 Å². The number of carbonyl (C=O) groups excluding carboxylic acids is 1. The van der Waals surface area contributed by atoms with Crippen LogP contribution in [0.5, 0.6) is 0 Å². The number of nitrogens with two attached hydrogens (primary N) is 1. The van der Waals surface area contributed by atoms with Gasteiger partial charge in [-0.15, -0.1) is 0 Å². The molecule has 2 rings (SSSR count). The number of amides is 1. The van der Waals surface area contributed by atoms with Gasteiger partial charge in [0.25, 0.3) is 0 Å². The van der Waals surface area contributed by atoms with Gasteiger partial charge < -0.3 is 5.32 Å². The van der Waals surface area contributed by atoms with Gasteiger partial charge in [-0.05, 0) is 41.8 Å². The zero-order valence-corrected chi connectivity index (χ0v) is 14.6. The van der Waals surface area contributed by atoms with E-state index >= 15 is 0 Å². The van der Waals surface area contributed by atoms with Gasteiger partial charge in [-0.1, -0.05) is 25.1 Å². The Kier molecular flexibility index (Phi) is 5.72. The van der Waals surface area contributed by atoms with Crippen molar-refractivity contribution >= 4 is 21.6 Å². The Bertz CT molecular complexity index is 908. The molecule has 9 heteroatoms. The number of hydrogen-bond acceptors (Lipinski definition) is 3. The summed E-state index contributed by atoms with van der Waals surface area (Å²) in [4.78, 5) is 12.0. The maximum Gasteiger partial charge on any atom is 0.416 e. The molecular formula is C17H17F3N2O3S. The van der Waals surface area contributed by atoms with Crippen molar-refractivity contribution in [2.75, 3.05) is 5.32 Å². The first-order valence-electron chi connectivity index (χ1n) is 7.62. The lowest BCUT2D eigenvalue weighted by molar-refractivity contribution is -0.137. The molecule has 2 aromatic carbocycles. The van der Waals surface area contributed by atoms with Gasteiger partial charge in [0.2, 0.25) is 15.9 Å². The van der Waals surface area contributed by atoms with Crippen molar-refractivity contribution in [3.8, 4) is 0 Å². The Morgan fingerprint density at radius 1 is 1.12 bits per heavy atom. The second-order valence-electron chi connectivity index (χ2n) is 5.64. The summed E-state index contributed by atoms with van der Waals surface area (Å²) in [6, 6.07) is 8.59. The van der Waals surface area contributed by atoms with E-state index in [4.69, 9.17) is 5.14 Å². The number of alkyl halides is 3. The van der Waals surface area contributed by atoms with E-state index in [9.17, 15) is 26.4 Å². The number of rotatable bonds is 5. The highest BCUT2D eigenvalue weighted by Gasteiger charge is 2.30. The Hall–Kier alpha value is -2.39. The summed E-state index contributed by atoms with van der Waals surface area (Å²) in [5, 5.41) is 7.69. The average Bonchev–Trinajstić information content (AvgIpc) is 2.53. The van der Waals surface area contributed by atoms with Gasteiger partial charge in [0.1, 0.15) is 0 Å². The standard InChI is InChI=1S/C17H17F3N2O3S/c1-2-12-5-8-14(10-15(12)26(21,24)25)22-16(23)9-11-3-6-13(7-4-11)17(18,19)20/h3-8,10H,2,9H2,1H3,(H,22,23)(H2,21,24,25). The maximum absolute atomic E-state index is 12.5. The molecule has 0 bridgehead atoms. The van der Waals surface area contributed by atoms with E-state index in [1.807, 2.05) is 0 Å². The molecule has 0 heterocycles. The lowest BCUT2D eigenvalue weighted by atomic mass is 10.1. The summed E-state index contributed by atoms with van der Waals surface area (Å²) in [5.41, 5.74) is 0.360. The number of hydrogen-bond donors (Lipinski definition) is 2. The second-order valence-corrected chi connectivity index (χ2v) is 7.17. The summed E-state index contributed by atoms with van der Waals surface area (Å²) in [6.07, 6.45) is -4.14. The summed E-state index contributed by atoms with van der Waals surface area (Å²) in [5.74, 6) is -0.491. The Morgan fingerprint density at radius 2 is 1.73 bits per heavy atom. The number of sulfonamides is 1. The van der Waals surface area contributed by atoms with Crippen LogP contribution in [0.1, 0.15) is 23.6 Å². The summed E-state index contributed by atoms with van der Waals surface area (Å²) >= 11 is 0. The first kappa shape index (κ1) is 19.9. The zero-order valence-electron chi connectivity index (χ0n) is 13.8. The molecule has 1 amide bonds. The van der Waals surface area contributed by atoms with Gasteiger partial charge in [-0.25, -0.2) is 13.6 Å². The molecule has 0 saturated carbocycles. The fraction of sp³-hybridized carbons (Fsp3) is 0.235. The van der Waals surface area contributed by atoms with Crippen LogP contribution in [0.4, 0.5) is 18.9 Å². The highest BCUT2D eigenvalue weighted by molar-refractivity contribution is 7.89. The highest BCUT2D eigenvalue weighted by Crippen LogP contribution is 2.29. The first-order chi connectivity index (χ1) is 12.0. The van der Waals surface area contributed by atoms with E-state index in [-0.39, 0.29) is 17.0 Å². The molecular weight excluding hydrogens is 369 g/mol. The van der Waals surface area contributed by atoms with Crippen molar-refractivity contribution in [1.82, 2.24) is 0 Å². The minimum Gasteiger partial charge on any atom is -0.326 e. The third-order valence-corrected chi connectivity index (χ3v) is 4.68. The molecule has 0 spiro atoms. The third kappa shape index (κ3) is 5.06. The fourth-order valence-electron chi connectivity index (χ4n) is 2.39. The predicted octanol–water partition coefficient (Wildman–Crippen LogP) is 3.10. The molecule has 0 fully saturated rings. The second kappa shape index (κ2) is 7.46. The third-order valence-electron chi connectivity index (χ3n) is 3.68. The van der Waals surface area contributed by atoms with Gasteiger partial charge in [0.05, 0.1) is 16.9 Å².